The summed E-state index contributed by atoms with van der Waals surface area (Å²) in [7, 11) is -3.54. The Kier molecular flexibility index (Phi) is 4.93. The van der Waals surface area contributed by atoms with E-state index in [4.69, 9.17) is 11.6 Å². The highest BCUT2D eigenvalue weighted by molar-refractivity contribution is 9.10. The van der Waals surface area contributed by atoms with Gasteiger partial charge in [-0.2, -0.15) is 0 Å². The van der Waals surface area contributed by atoms with Gasteiger partial charge in [0.05, 0.1) is 5.02 Å². The normalized spacial score (nSPS) is 24.4. The van der Waals surface area contributed by atoms with Crippen molar-refractivity contribution in [3.05, 3.63) is 27.7 Å². The summed E-state index contributed by atoms with van der Waals surface area (Å²) in [6.45, 7) is 2.09. The quantitative estimate of drug-likeness (QED) is 0.880. The highest BCUT2D eigenvalue weighted by Gasteiger charge is 2.27. The van der Waals surface area contributed by atoms with Crippen LogP contribution in [-0.4, -0.2) is 14.5 Å². The molecule has 1 N–H and O–H groups in total. The molecule has 1 aliphatic carbocycles. The minimum absolute atomic E-state index is 0.0125. The van der Waals surface area contributed by atoms with Crippen molar-refractivity contribution in [2.75, 3.05) is 0 Å². The van der Waals surface area contributed by atoms with Crippen LogP contribution in [0.3, 0.4) is 0 Å². The summed E-state index contributed by atoms with van der Waals surface area (Å²) in [5, 5.41) is 0.241. The minimum atomic E-state index is -3.54. The van der Waals surface area contributed by atoms with Crippen molar-refractivity contribution < 1.29 is 8.42 Å². The molecular weight excluding hydrogens is 350 g/mol. The van der Waals surface area contributed by atoms with E-state index in [2.05, 4.69) is 27.6 Å². The predicted molar refractivity (Wildman–Crippen MR) is 80.9 cm³/mol. The van der Waals surface area contributed by atoms with Crippen molar-refractivity contribution in [1.82, 2.24) is 4.72 Å². The number of hydrogen-bond acceptors (Lipinski definition) is 2. The molecule has 2 unspecified atom stereocenters. The van der Waals surface area contributed by atoms with E-state index in [-0.39, 0.29) is 16.0 Å². The molecule has 1 fully saturated rings. The topological polar surface area (TPSA) is 46.2 Å². The van der Waals surface area contributed by atoms with E-state index >= 15 is 0 Å². The maximum absolute atomic E-state index is 12.4. The van der Waals surface area contributed by atoms with E-state index in [9.17, 15) is 8.42 Å². The number of hydrogen-bond donors (Lipinski definition) is 1. The van der Waals surface area contributed by atoms with Crippen molar-refractivity contribution in [3.8, 4) is 0 Å². The van der Waals surface area contributed by atoms with E-state index in [1.54, 1.807) is 12.1 Å². The third-order valence-electron chi connectivity index (χ3n) is 3.60. The maximum Gasteiger partial charge on any atom is 0.242 e. The third kappa shape index (κ3) is 3.72. The van der Waals surface area contributed by atoms with Gasteiger partial charge >= 0.3 is 0 Å². The van der Waals surface area contributed by atoms with Crippen molar-refractivity contribution in [1.29, 1.82) is 0 Å². The zero-order valence-electron chi connectivity index (χ0n) is 10.7. The van der Waals surface area contributed by atoms with E-state index in [1.807, 2.05) is 0 Å². The lowest BCUT2D eigenvalue weighted by molar-refractivity contribution is 0.310. The molecule has 1 aromatic rings. The van der Waals surface area contributed by atoms with Crippen molar-refractivity contribution >= 4 is 37.6 Å². The van der Waals surface area contributed by atoms with Crippen LogP contribution in [-0.2, 0) is 10.0 Å². The Bertz CT molecular complexity index is 562. The van der Waals surface area contributed by atoms with Crippen LogP contribution in [0.2, 0.25) is 5.02 Å². The summed E-state index contributed by atoms with van der Waals surface area (Å²) in [6, 6.07) is 4.83. The Hall–Kier alpha value is -0.100. The SMILES string of the molecule is CC1CCCCC1NS(=O)(=O)c1ccc(Br)cc1Cl. The van der Waals surface area contributed by atoms with Crippen LogP contribution >= 0.6 is 27.5 Å². The van der Waals surface area contributed by atoms with Crippen LogP contribution in [0, 0.1) is 5.92 Å². The van der Waals surface area contributed by atoms with Gasteiger partial charge in [0.25, 0.3) is 0 Å². The molecule has 1 aromatic carbocycles. The number of nitrogens with one attached hydrogen (secondary N) is 1. The zero-order valence-corrected chi connectivity index (χ0v) is 13.9. The van der Waals surface area contributed by atoms with E-state index in [0.717, 1.165) is 23.7 Å². The Morgan fingerprint density at radius 1 is 1.32 bits per heavy atom. The van der Waals surface area contributed by atoms with Gasteiger partial charge in [0, 0.05) is 10.5 Å². The van der Waals surface area contributed by atoms with Gasteiger partial charge in [0.2, 0.25) is 10.0 Å². The molecule has 2 atom stereocenters. The Balaban J connectivity index is 2.22. The first-order valence-corrected chi connectivity index (χ1v) is 9.03. The summed E-state index contributed by atoms with van der Waals surface area (Å²) in [4.78, 5) is 0.148. The molecule has 2 rings (SSSR count). The first-order valence-electron chi connectivity index (χ1n) is 6.37. The fourth-order valence-electron chi connectivity index (χ4n) is 2.45. The van der Waals surface area contributed by atoms with Gasteiger partial charge in [0.1, 0.15) is 4.90 Å². The summed E-state index contributed by atoms with van der Waals surface area (Å²) in [5.74, 6) is 0.373. The van der Waals surface area contributed by atoms with Crippen LogP contribution in [0.4, 0.5) is 0 Å². The van der Waals surface area contributed by atoms with Crippen LogP contribution in [0.5, 0.6) is 0 Å². The Morgan fingerprint density at radius 2 is 2.00 bits per heavy atom. The van der Waals surface area contributed by atoms with Crippen molar-refractivity contribution in [3.63, 3.8) is 0 Å². The molecule has 106 valence electrons. The van der Waals surface area contributed by atoms with Crippen LogP contribution in [0.1, 0.15) is 32.6 Å². The highest BCUT2D eigenvalue weighted by atomic mass is 79.9. The Morgan fingerprint density at radius 3 is 2.63 bits per heavy atom. The second-order valence-electron chi connectivity index (χ2n) is 5.06. The molecule has 1 aliphatic rings. The first-order chi connectivity index (χ1) is 8.90. The molecule has 6 heteroatoms. The molecule has 0 heterocycles. The zero-order chi connectivity index (χ0) is 14.0. The molecule has 0 amide bonds. The van der Waals surface area contributed by atoms with Gasteiger partial charge in [0.15, 0.2) is 0 Å². The second kappa shape index (κ2) is 6.12. The van der Waals surface area contributed by atoms with E-state index in [1.165, 1.54) is 12.5 Å². The van der Waals surface area contributed by atoms with Gasteiger partial charge in [-0.1, -0.05) is 47.3 Å². The monoisotopic (exact) mass is 365 g/mol. The fraction of sp³-hybridized carbons (Fsp3) is 0.538. The fourth-order valence-corrected chi connectivity index (χ4v) is 4.86. The average molecular weight is 367 g/mol. The molecule has 0 aromatic heterocycles. The minimum Gasteiger partial charge on any atom is -0.208 e. The maximum atomic E-state index is 12.4. The lowest BCUT2D eigenvalue weighted by Crippen LogP contribution is -2.41. The second-order valence-corrected chi connectivity index (χ2v) is 8.07. The highest BCUT2D eigenvalue weighted by Crippen LogP contribution is 2.28. The molecule has 3 nitrogen and oxygen atoms in total. The molecule has 0 radical (unpaired) electrons. The summed E-state index contributed by atoms with van der Waals surface area (Å²) in [5.41, 5.74) is 0. The molecule has 0 spiro atoms. The molecular formula is C13H17BrClNO2S. The lowest BCUT2D eigenvalue weighted by atomic mass is 9.87. The number of benzene rings is 1. The number of halogens is 2. The van der Waals surface area contributed by atoms with E-state index < -0.39 is 10.0 Å². The standard InChI is InChI=1S/C13H17BrClNO2S/c1-9-4-2-3-5-12(9)16-19(17,18)13-7-6-10(14)8-11(13)15/h6-9,12,16H,2-5H2,1H3. The molecule has 0 bridgehead atoms. The smallest absolute Gasteiger partial charge is 0.208 e. The molecule has 0 aliphatic heterocycles. The molecule has 19 heavy (non-hydrogen) atoms. The van der Waals surface area contributed by atoms with Crippen LogP contribution in [0.25, 0.3) is 0 Å². The summed E-state index contributed by atoms with van der Waals surface area (Å²) in [6.07, 6.45) is 4.22. The van der Waals surface area contributed by atoms with Gasteiger partial charge in [-0.25, -0.2) is 13.1 Å². The number of rotatable bonds is 3. The molecule has 0 saturated heterocycles. The van der Waals surface area contributed by atoms with Crippen LogP contribution < -0.4 is 4.72 Å². The van der Waals surface area contributed by atoms with Gasteiger partial charge in [-0.15, -0.1) is 0 Å². The van der Waals surface area contributed by atoms with E-state index in [0.29, 0.717) is 5.92 Å². The third-order valence-corrected chi connectivity index (χ3v) is 6.07. The van der Waals surface area contributed by atoms with Crippen LogP contribution in [0.15, 0.2) is 27.6 Å². The lowest BCUT2D eigenvalue weighted by Gasteiger charge is -2.29. The largest absolute Gasteiger partial charge is 0.242 e. The van der Waals surface area contributed by atoms with Gasteiger partial charge < -0.3 is 0 Å². The molecule has 1 saturated carbocycles. The predicted octanol–water partition coefficient (Wildman–Crippen LogP) is 3.96. The average Bonchev–Trinajstić information content (AvgIpc) is 2.31. The summed E-state index contributed by atoms with van der Waals surface area (Å²) < 4.78 is 28.3. The number of sulfonamides is 1. The van der Waals surface area contributed by atoms with Gasteiger partial charge in [-0.05, 0) is 37.0 Å². The Labute approximate surface area is 127 Å². The van der Waals surface area contributed by atoms with Gasteiger partial charge in [-0.3, -0.25) is 0 Å². The van der Waals surface area contributed by atoms with Crippen molar-refractivity contribution in [2.24, 2.45) is 5.92 Å². The summed E-state index contributed by atoms with van der Waals surface area (Å²) >= 11 is 9.29. The van der Waals surface area contributed by atoms with Crippen molar-refractivity contribution in [2.45, 2.75) is 43.5 Å². The first kappa shape index (κ1) is 15.3.